The number of alkyl halides is 3. The molecule has 0 bridgehead atoms. The van der Waals surface area contributed by atoms with Gasteiger partial charge in [0.15, 0.2) is 0 Å². The number of aliphatic carboxylic acids is 1. The number of aromatic nitrogens is 2. The van der Waals surface area contributed by atoms with Crippen molar-refractivity contribution in [3.63, 3.8) is 0 Å². The van der Waals surface area contributed by atoms with Crippen molar-refractivity contribution in [2.45, 2.75) is 6.18 Å². The molecule has 0 aliphatic carbocycles. The highest BCUT2D eigenvalue weighted by Crippen LogP contribution is 2.40. The third-order valence-electron chi connectivity index (χ3n) is 3.93. The Bertz CT molecular complexity index is 769. The van der Waals surface area contributed by atoms with Crippen LogP contribution < -0.4 is 4.90 Å². The molecule has 0 amide bonds. The number of anilines is 1. The number of benzene rings is 1. The third kappa shape index (κ3) is 2.97. The molecular weight excluding hydrogens is 379 g/mol. The standard InChI is InChI=1S/C14H11BrF3N3O2/c15-7-1-2-8-11(3-7)19-6-20-12(8)21-4-9(13(22)23)10(5-21)14(16,17)18/h1-3,6,9-10H,4-5H2,(H,22,23)/t9-,10-/m1/s1. The SMILES string of the molecule is O=C(O)[C@@H]1CN(c2ncnc3cc(Br)ccc23)C[C@H]1C(F)(F)F. The van der Waals surface area contributed by atoms with Crippen molar-refractivity contribution in [1.82, 2.24) is 9.97 Å². The molecule has 1 saturated heterocycles. The minimum atomic E-state index is -4.57. The fourth-order valence-corrected chi connectivity index (χ4v) is 3.18. The first-order valence-corrected chi connectivity index (χ1v) is 7.51. The molecule has 2 heterocycles. The van der Waals surface area contributed by atoms with Crippen LogP contribution in [0, 0.1) is 11.8 Å². The zero-order valence-electron chi connectivity index (χ0n) is 11.6. The first-order chi connectivity index (χ1) is 10.8. The van der Waals surface area contributed by atoms with Crippen molar-refractivity contribution >= 4 is 38.6 Å². The van der Waals surface area contributed by atoms with Gasteiger partial charge in [-0.3, -0.25) is 4.79 Å². The lowest BCUT2D eigenvalue weighted by Crippen LogP contribution is -2.33. The van der Waals surface area contributed by atoms with Crippen molar-refractivity contribution in [3.05, 3.63) is 29.0 Å². The smallest absolute Gasteiger partial charge is 0.394 e. The first-order valence-electron chi connectivity index (χ1n) is 6.72. The summed E-state index contributed by atoms with van der Waals surface area (Å²) in [6.07, 6.45) is -3.30. The zero-order valence-corrected chi connectivity index (χ0v) is 13.2. The fraction of sp³-hybridized carbons (Fsp3) is 0.357. The summed E-state index contributed by atoms with van der Waals surface area (Å²) in [6, 6.07) is 5.17. The van der Waals surface area contributed by atoms with E-state index in [1.807, 2.05) is 0 Å². The summed E-state index contributed by atoms with van der Waals surface area (Å²) >= 11 is 3.30. The summed E-state index contributed by atoms with van der Waals surface area (Å²) in [5.41, 5.74) is 0.576. The molecule has 1 aliphatic rings. The van der Waals surface area contributed by atoms with Crippen LogP contribution >= 0.6 is 15.9 Å². The van der Waals surface area contributed by atoms with Gasteiger partial charge >= 0.3 is 12.1 Å². The van der Waals surface area contributed by atoms with E-state index in [0.29, 0.717) is 16.7 Å². The number of hydrogen-bond donors (Lipinski definition) is 1. The average molecular weight is 390 g/mol. The zero-order chi connectivity index (χ0) is 16.8. The van der Waals surface area contributed by atoms with Gasteiger partial charge in [0.2, 0.25) is 0 Å². The monoisotopic (exact) mass is 389 g/mol. The Balaban J connectivity index is 2.02. The number of hydrogen-bond acceptors (Lipinski definition) is 4. The molecule has 0 saturated carbocycles. The maximum absolute atomic E-state index is 13.1. The van der Waals surface area contributed by atoms with Crippen LogP contribution in [-0.2, 0) is 4.79 Å². The number of rotatable bonds is 2. The average Bonchev–Trinajstić information content (AvgIpc) is 2.91. The Morgan fingerprint density at radius 2 is 2.04 bits per heavy atom. The van der Waals surface area contributed by atoms with E-state index in [4.69, 9.17) is 5.11 Å². The molecule has 5 nitrogen and oxygen atoms in total. The molecule has 1 aliphatic heterocycles. The van der Waals surface area contributed by atoms with Crippen molar-refractivity contribution in [3.8, 4) is 0 Å². The van der Waals surface area contributed by atoms with Gasteiger partial charge < -0.3 is 10.0 Å². The van der Waals surface area contributed by atoms with Crippen LogP contribution in [0.3, 0.4) is 0 Å². The molecule has 122 valence electrons. The van der Waals surface area contributed by atoms with E-state index < -0.39 is 30.5 Å². The van der Waals surface area contributed by atoms with Crippen LogP contribution in [0.15, 0.2) is 29.0 Å². The Kier molecular flexibility index (Phi) is 3.91. The van der Waals surface area contributed by atoms with E-state index in [1.54, 1.807) is 18.2 Å². The van der Waals surface area contributed by atoms with Gasteiger partial charge in [0.1, 0.15) is 12.1 Å². The van der Waals surface area contributed by atoms with E-state index >= 15 is 0 Å². The molecule has 2 atom stereocenters. The van der Waals surface area contributed by atoms with Gasteiger partial charge in [-0.2, -0.15) is 13.2 Å². The Morgan fingerprint density at radius 3 is 2.65 bits per heavy atom. The molecule has 1 fully saturated rings. The summed E-state index contributed by atoms with van der Waals surface area (Å²) in [6.45, 7) is -0.662. The molecular formula is C14H11BrF3N3O2. The van der Waals surface area contributed by atoms with E-state index in [-0.39, 0.29) is 6.54 Å². The molecule has 1 aromatic carbocycles. The highest BCUT2D eigenvalue weighted by atomic mass is 79.9. The van der Waals surface area contributed by atoms with E-state index in [9.17, 15) is 18.0 Å². The van der Waals surface area contributed by atoms with Gasteiger partial charge in [-0.1, -0.05) is 15.9 Å². The molecule has 1 aromatic heterocycles. The van der Waals surface area contributed by atoms with Gasteiger partial charge in [0.05, 0.1) is 17.4 Å². The van der Waals surface area contributed by atoms with Gasteiger partial charge in [-0.25, -0.2) is 9.97 Å². The number of halogens is 4. The number of carbonyl (C=O) groups is 1. The second kappa shape index (κ2) is 5.63. The Labute approximate surface area is 137 Å². The second-order valence-electron chi connectivity index (χ2n) is 5.36. The lowest BCUT2D eigenvalue weighted by molar-refractivity contribution is -0.187. The highest BCUT2D eigenvalue weighted by molar-refractivity contribution is 9.10. The molecule has 1 N–H and O–H groups in total. The minimum Gasteiger partial charge on any atom is -0.481 e. The first kappa shape index (κ1) is 16.0. The number of carboxylic acid groups (broad SMARTS) is 1. The number of fused-ring (bicyclic) bond motifs is 1. The van der Waals surface area contributed by atoms with Crippen molar-refractivity contribution < 1.29 is 23.1 Å². The quantitative estimate of drug-likeness (QED) is 0.854. The molecule has 3 rings (SSSR count). The number of carboxylic acids is 1. The largest absolute Gasteiger partial charge is 0.481 e. The molecule has 0 spiro atoms. The van der Waals surface area contributed by atoms with Gasteiger partial charge in [0.25, 0.3) is 0 Å². The second-order valence-corrected chi connectivity index (χ2v) is 6.27. The third-order valence-corrected chi connectivity index (χ3v) is 4.43. The van der Waals surface area contributed by atoms with Crippen LogP contribution in [-0.4, -0.2) is 40.3 Å². The fourth-order valence-electron chi connectivity index (χ4n) is 2.83. The van der Waals surface area contributed by atoms with Crippen LogP contribution in [0.1, 0.15) is 0 Å². The predicted molar refractivity (Wildman–Crippen MR) is 80.1 cm³/mol. The number of nitrogens with zero attached hydrogens (tertiary/aromatic N) is 3. The maximum Gasteiger partial charge on any atom is 0.394 e. The predicted octanol–water partition coefficient (Wildman–Crippen LogP) is 3.09. The van der Waals surface area contributed by atoms with E-state index in [0.717, 1.165) is 4.47 Å². The summed E-state index contributed by atoms with van der Waals surface area (Å²) in [5.74, 6) is -4.55. The van der Waals surface area contributed by atoms with Gasteiger partial charge in [-0.15, -0.1) is 0 Å². The van der Waals surface area contributed by atoms with Crippen LogP contribution in [0.5, 0.6) is 0 Å². The Hall–Kier alpha value is -1.90. The van der Waals surface area contributed by atoms with E-state index in [2.05, 4.69) is 25.9 Å². The van der Waals surface area contributed by atoms with Gasteiger partial charge in [0, 0.05) is 22.9 Å². The van der Waals surface area contributed by atoms with Gasteiger partial charge in [-0.05, 0) is 18.2 Å². The molecule has 0 radical (unpaired) electrons. The molecule has 23 heavy (non-hydrogen) atoms. The highest BCUT2D eigenvalue weighted by Gasteiger charge is 2.53. The normalized spacial score (nSPS) is 21.8. The molecule has 2 aromatic rings. The minimum absolute atomic E-state index is 0.234. The maximum atomic E-state index is 13.1. The molecule has 0 unspecified atom stereocenters. The lowest BCUT2D eigenvalue weighted by Gasteiger charge is -2.19. The van der Waals surface area contributed by atoms with Crippen LogP contribution in [0.4, 0.5) is 19.0 Å². The molecule has 9 heteroatoms. The summed E-state index contributed by atoms with van der Waals surface area (Å²) < 4.78 is 40.1. The van der Waals surface area contributed by atoms with Crippen LogP contribution in [0.25, 0.3) is 10.9 Å². The summed E-state index contributed by atoms with van der Waals surface area (Å²) in [7, 11) is 0. The van der Waals surface area contributed by atoms with Crippen molar-refractivity contribution in [2.75, 3.05) is 18.0 Å². The lowest BCUT2D eigenvalue weighted by atomic mass is 9.96. The summed E-state index contributed by atoms with van der Waals surface area (Å²) in [4.78, 5) is 20.7. The topological polar surface area (TPSA) is 66.3 Å². The van der Waals surface area contributed by atoms with Crippen molar-refractivity contribution in [2.24, 2.45) is 11.8 Å². The van der Waals surface area contributed by atoms with Crippen molar-refractivity contribution in [1.29, 1.82) is 0 Å². The van der Waals surface area contributed by atoms with Crippen LogP contribution in [0.2, 0.25) is 0 Å². The Morgan fingerprint density at radius 1 is 1.30 bits per heavy atom. The van der Waals surface area contributed by atoms with E-state index in [1.165, 1.54) is 11.2 Å². The summed E-state index contributed by atoms with van der Waals surface area (Å²) in [5, 5.41) is 9.68.